The van der Waals surface area contributed by atoms with Gasteiger partial charge in [0.25, 0.3) is 0 Å². The molecule has 0 rings (SSSR count). The standard InChI is InChI=1S/C12H19NO2/c1-4-8-13(9-5-2)10-7-11-15-12(14)6-3/h4-6H,1-3,7-11H2. The van der Waals surface area contributed by atoms with Crippen molar-refractivity contribution in [2.24, 2.45) is 0 Å². The molecule has 0 atom stereocenters. The van der Waals surface area contributed by atoms with Crippen LogP contribution in [-0.2, 0) is 9.53 Å². The van der Waals surface area contributed by atoms with Crippen LogP contribution < -0.4 is 0 Å². The highest BCUT2D eigenvalue weighted by Crippen LogP contribution is 1.93. The van der Waals surface area contributed by atoms with Crippen LogP contribution in [0.15, 0.2) is 38.0 Å². The largest absolute Gasteiger partial charge is 0.462 e. The predicted octanol–water partition coefficient (Wildman–Crippen LogP) is 1.78. The molecule has 0 radical (unpaired) electrons. The Morgan fingerprint density at radius 1 is 1.20 bits per heavy atom. The zero-order valence-electron chi connectivity index (χ0n) is 9.15. The van der Waals surface area contributed by atoms with Crippen LogP contribution >= 0.6 is 0 Å². The van der Waals surface area contributed by atoms with Crippen molar-refractivity contribution in [2.45, 2.75) is 6.42 Å². The van der Waals surface area contributed by atoms with Gasteiger partial charge in [0.15, 0.2) is 0 Å². The maximum absolute atomic E-state index is 10.7. The molecule has 0 bridgehead atoms. The second kappa shape index (κ2) is 9.21. The molecule has 0 amide bonds. The van der Waals surface area contributed by atoms with Crippen molar-refractivity contribution in [2.75, 3.05) is 26.2 Å². The Bertz CT molecular complexity index is 214. The molecule has 0 saturated carbocycles. The molecule has 0 heterocycles. The van der Waals surface area contributed by atoms with Crippen molar-refractivity contribution in [1.29, 1.82) is 0 Å². The summed E-state index contributed by atoms with van der Waals surface area (Å²) in [6, 6.07) is 0. The quantitative estimate of drug-likeness (QED) is 0.251. The lowest BCUT2D eigenvalue weighted by atomic mass is 10.3. The van der Waals surface area contributed by atoms with Gasteiger partial charge in [0.05, 0.1) is 6.61 Å². The van der Waals surface area contributed by atoms with Crippen molar-refractivity contribution >= 4 is 5.97 Å². The summed E-state index contributed by atoms with van der Waals surface area (Å²) in [5.74, 6) is -0.367. The van der Waals surface area contributed by atoms with Gasteiger partial charge in [-0.1, -0.05) is 18.7 Å². The molecule has 0 aromatic heterocycles. The van der Waals surface area contributed by atoms with Crippen molar-refractivity contribution in [3.63, 3.8) is 0 Å². The molecule has 0 aliphatic heterocycles. The molecule has 0 unspecified atom stereocenters. The van der Waals surface area contributed by atoms with Crippen molar-refractivity contribution in [3.8, 4) is 0 Å². The first-order valence-electron chi connectivity index (χ1n) is 4.98. The molecule has 0 spiro atoms. The van der Waals surface area contributed by atoms with Gasteiger partial charge in [-0.15, -0.1) is 13.2 Å². The number of esters is 1. The molecule has 3 heteroatoms. The molecule has 0 aromatic carbocycles. The van der Waals surface area contributed by atoms with Crippen LogP contribution in [0.5, 0.6) is 0 Å². The zero-order valence-corrected chi connectivity index (χ0v) is 9.15. The summed E-state index contributed by atoms with van der Waals surface area (Å²) >= 11 is 0. The Balaban J connectivity index is 3.60. The summed E-state index contributed by atoms with van der Waals surface area (Å²) in [5, 5.41) is 0. The molecular weight excluding hydrogens is 190 g/mol. The third-order valence-electron chi connectivity index (χ3n) is 1.80. The maximum atomic E-state index is 10.7. The third kappa shape index (κ3) is 7.70. The van der Waals surface area contributed by atoms with E-state index < -0.39 is 0 Å². The zero-order chi connectivity index (χ0) is 11.5. The number of ether oxygens (including phenoxy) is 1. The molecule has 15 heavy (non-hydrogen) atoms. The van der Waals surface area contributed by atoms with E-state index in [9.17, 15) is 4.79 Å². The third-order valence-corrected chi connectivity index (χ3v) is 1.80. The summed E-state index contributed by atoms with van der Waals surface area (Å²) in [7, 11) is 0. The van der Waals surface area contributed by atoms with E-state index in [0.717, 1.165) is 26.1 Å². The molecular formula is C12H19NO2. The highest BCUT2D eigenvalue weighted by atomic mass is 16.5. The summed E-state index contributed by atoms with van der Waals surface area (Å²) in [5.41, 5.74) is 0. The van der Waals surface area contributed by atoms with Crippen molar-refractivity contribution in [1.82, 2.24) is 4.90 Å². The summed E-state index contributed by atoms with van der Waals surface area (Å²) in [6.07, 6.45) is 5.67. The molecule has 3 nitrogen and oxygen atoms in total. The first-order chi connectivity index (χ1) is 7.24. The number of nitrogens with zero attached hydrogens (tertiary/aromatic N) is 1. The van der Waals surface area contributed by atoms with Gasteiger partial charge in [-0.05, 0) is 6.42 Å². The maximum Gasteiger partial charge on any atom is 0.330 e. The fraction of sp³-hybridized carbons (Fsp3) is 0.417. The summed E-state index contributed by atoms with van der Waals surface area (Å²) in [6.45, 7) is 13.6. The summed E-state index contributed by atoms with van der Waals surface area (Å²) in [4.78, 5) is 12.9. The average molecular weight is 209 g/mol. The van der Waals surface area contributed by atoms with E-state index >= 15 is 0 Å². The number of hydrogen-bond donors (Lipinski definition) is 0. The van der Waals surface area contributed by atoms with Gasteiger partial charge in [0, 0.05) is 25.7 Å². The highest BCUT2D eigenvalue weighted by molar-refractivity contribution is 5.81. The minimum Gasteiger partial charge on any atom is -0.462 e. The van der Waals surface area contributed by atoms with Gasteiger partial charge in [-0.3, -0.25) is 4.90 Å². The van der Waals surface area contributed by atoms with E-state index in [4.69, 9.17) is 4.74 Å². The van der Waals surface area contributed by atoms with Crippen molar-refractivity contribution < 1.29 is 9.53 Å². The molecule has 84 valence electrons. The lowest BCUT2D eigenvalue weighted by Gasteiger charge is -2.18. The first-order valence-corrected chi connectivity index (χ1v) is 4.98. The van der Waals surface area contributed by atoms with Gasteiger partial charge < -0.3 is 4.74 Å². The van der Waals surface area contributed by atoms with E-state index in [1.165, 1.54) is 6.08 Å². The molecule has 0 aliphatic carbocycles. The normalized spacial score (nSPS) is 9.67. The van der Waals surface area contributed by atoms with Crippen LogP contribution in [0.2, 0.25) is 0 Å². The lowest BCUT2D eigenvalue weighted by molar-refractivity contribution is -0.137. The minimum absolute atomic E-state index is 0.367. The molecule has 0 N–H and O–H groups in total. The van der Waals surface area contributed by atoms with Crippen molar-refractivity contribution in [3.05, 3.63) is 38.0 Å². The second-order valence-electron chi connectivity index (χ2n) is 3.06. The SMILES string of the molecule is C=CCN(CC=C)CCCOC(=O)C=C. The molecule has 0 saturated heterocycles. The number of rotatable bonds is 9. The van der Waals surface area contributed by atoms with Crippen LogP contribution in [0.4, 0.5) is 0 Å². The van der Waals surface area contributed by atoms with E-state index in [0.29, 0.717) is 6.61 Å². The van der Waals surface area contributed by atoms with Gasteiger partial charge >= 0.3 is 5.97 Å². The Morgan fingerprint density at radius 3 is 2.27 bits per heavy atom. The fourth-order valence-electron chi connectivity index (χ4n) is 1.14. The monoisotopic (exact) mass is 209 g/mol. The predicted molar refractivity (Wildman–Crippen MR) is 62.6 cm³/mol. The van der Waals surface area contributed by atoms with E-state index in [1.54, 1.807) is 0 Å². The number of carbonyl (C=O) groups is 1. The topological polar surface area (TPSA) is 29.5 Å². The van der Waals surface area contributed by atoms with E-state index in [-0.39, 0.29) is 5.97 Å². The highest BCUT2D eigenvalue weighted by Gasteiger charge is 2.01. The smallest absolute Gasteiger partial charge is 0.330 e. The van der Waals surface area contributed by atoms with Crippen LogP contribution in [0.1, 0.15) is 6.42 Å². The Labute approximate surface area is 91.7 Å². The number of hydrogen-bond acceptors (Lipinski definition) is 3. The Morgan fingerprint density at radius 2 is 1.80 bits per heavy atom. The first kappa shape index (κ1) is 13.7. The van der Waals surface area contributed by atoms with Gasteiger partial charge in [0.2, 0.25) is 0 Å². The average Bonchev–Trinajstić information content (AvgIpc) is 2.24. The van der Waals surface area contributed by atoms with Crippen LogP contribution in [0.25, 0.3) is 0 Å². The van der Waals surface area contributed by atoms with E-state index in [1.807, 2.05) is 12.2 Å². The second-order valence-corrected chi connectivity index (χ2v) is 3.06. The Hall–Kier alpha value is -1.35. The van der Waals surface area contributed by atoms with E-state index in [2.05, 4.69) is 24.6 Å². The molecule has 0 aliphatic rings. The lowest BCUT2D eigenvalue weighted by Crippen LogP contribution is -2.26. The van der Waals surface area contributed by atoms with Gasteiger partial charge in [-0.25, -0.2) is 4.79 Å². The molecule has 0 aromatic rings. The van der Waals surface area contributed by atoms with Crippen LogP contribution in [-0.4, -0.2) is 37.1 Å². The van der Waals surface area contributed by atoms with Crippen LogP contribution in [0.3, 0.4) is 0 Å². The van der Waals surface area contributed by atoms with Gasteiger partial charge in [0.1, 0.15) is 0 Å². The minimum atomic E-state index is -0.367. The number of carbonyl (C=O) groups excluding carboxylic acids is 1. The fourth-order valence-corrected chi connectivity index (χ4v) is 1.14. The van der Waals surface area contributed by atoms with Crippen LogP contribution in [0, 0.1) is 0 Å². The summed E-state index contributed by atoms with van der Waals surface area (Å²) < 4.78 is 4.86. The van der Waals surface area contributed by atoms with Gasteiger partial charge in [-0.2, -0.15) is 0 Å². The Kier molecular flexibility index (Phi) is 8.39. The molecule has 0 fully saturated rings.